The Balaban J connectivity index is 2.05. The minimum atomic E-state index is -0.271. The highest BCUT2D eigenvalue weighted by atomic mass is 16.5. The molecule has 2 aromatic rings. The van der Waals surface area contributed by atoms with Crippen molar-refractivity contribution in [3.05, 3.63) is 71.9 Å². The molecule has 0 aliphatic heterocycles. The van der Waals surface area contributed by atoms with E-state index in [0.717, 1.165) is 16.9 Å². The molecule has 0 amide bonds. The summed E-state index contributed by atoms with van der Waals surface area (Å²) in [6.07, 6.45) is 1.44. The van der Waals surface area contributed by atoms with Gasteiger partial charge in [0.1, 0.15) is 6.10 Å². The average molecular weight is 354 g/mol. The van der Waals surface area contributed by atoms with Crippen molar-refractivity contribution in [3.8, 4) is 11.5 Å². The third-order valence-electron chi connectivity index (χ3n) is 3.64. The molecule has 5 heteroatoms. The van der Waals surface area contributed by atoms with E-state index in [1.165, 1.54) is 0 Å². The molecule has 0 heterocycles. The van der Waals surface area contributed by atoms with E-state index in [4.69, 9.17) is 14.2 Å². The Morgan fingerprint density at radius 1 is 1.08 bits per heavy atom. The molecule has 0 aliphatic carbocycles. The predicted molar refractivity (Wildman–Crippen MR) is 105 cm³/mol. The first kappa shape index (κ1) is 19.5. The lowest BCUT2D eigenvalue weighted by molar-refractivity contribution is 0.127. The molecule has 0 radical (unpaired) electrons. The first-order chi connectivity index (χ1) is 12.7. The van der Waals surface area contributed by atoms with Crippen LogP contribution in [0.1, 0.15) is 31.1 Å². The highest BCUT2D eigenvalue weighted by Crippen LogP contribution is 2.28. The zero-order valence-corrected chi connectivity index (χ0v) is 15.6. The van der Waals surface area contributed by atoms with E-state index in [-0.39, 0.29) is 6.10 Å². The van der Waals surface area contributed by atoms with Crippen LogP contribution in [0.3, 0.4) is 0 Å². The Morgan fingerprint density at radius 3 is 2.42 bits per heavy atom. The second-order valence-electron chi connectivity index (χ2n) is 5.49. The van der Waals surface area contributed by atoms with Gasteiger partial charge in [0.05, 0.1) is 25.1 Å². The Hall–Kier alpha value is -2.79. The molecule has 138 valence electrons. The Labute approximate surface area is 155 Å². The summed E-state index contributed by atoms with van der Waals surface area (Å²) in [4.78, 5) is 0. The highest BCUT2D eigenvalue weighted by molar-refractivity contribution is 5.80. The molecule has 5 nitrogen and oxygen atoms in total. The van der Waals surface area contributed by atoms with Crippen LogP contribution in [0.15, 0.2) is 65.9 Å². The fourth-order valence-corrected chi connectivity index (χ4v) is 2.50. The second kappa shape index (κ2) is 10.3. The van der Waals surface area contributed by atoms with Gasteiger partial charge in [-0.15, -0.1) is 0 Å². The van der Waals surface area contributed by atoms with Gasteiger partial charge in [0.25, 0.3) is 0 Å². The fraction of sp³-hybridized carbons (Fsp3) is 0.286. The summed E-state index contributed by atoms with van der Waals surface area (Å²) in [5.74, 6) is 1.43. The SMILES string of the molecule is C=C(N/N=C/c1ccc(OCC)c(OCC)c1)C(OC)c1ccccc1. The lowest BCUT2D eigenvalue weighted by Gasteiger charge is -2.17. The first-order valence-corrected chi connectivity index (χ1v) is 8.64. The van der Waals surface area contributed by atoms with Crippen molar-refractivity contribution in [2.24, 2.45) is 5.10 Å². The number of methoxy groups -OCH3 is 1. The Kier molecular flexibility index (Phi) is 7.71. The van der Waals surface area contributed by atoms with E-state index in [9.17, 15) is 0 Å². The van der Waals surface area contributed by atoms with Gasteiger partial charge in [0.15, 0.2) is 11.5 Å². The molecule has 1 N–H and O–H groups in total. The molecule has 0 aliphatic rings. The molecular weight excluding hydrogens is 328 g/mol. The minimum Gasteiger partial charge on any atom is -0.490 e. The molecule has 0 bridgehead atoms. The molecule has 2 aromatic carbocycles. The van der Waals surface area contributed by atoms with Crippen LogP contribution >= 0.6 is 0 Å². The number of ether oxygens (including phenoxy) is 3. The summed E-state index contributed by atoms with van der Waals surface area (Å²) in [5.41, 5.74) is 5.52. The van der Waals surface area contributed by atoms with Crippen LogP contribution in [0.5, 0.6) is 11.5 Å². The van der Waals surface area contributed by atoms with Gasteiger partial charge < -0.3 is 14.2 Å². The summed E-state index contributed by atoms with van der Waals surface area (Å²) < 4.78 is 16.7. The van der Waals surface area contributed by atoms with Crippen LogP contribution in [0, 0.1) is 0 Å². The molecule has 0 saturated carbocycles. The van der Waals surface area contributed by atoms with Gasteiger partial charge in [-0.25, -0.2) is 0 Å². The van der Waals surface area contributed by atoms with E-state index in [0.29, 0.717) is 24.7 Å². The molecule has 1 unspecified atom stereocenters. The van der Waals surface area contributed by atoms with Crippen LogP contribution < -0.4 is 14.9 Å². The van der Waals surface area contributed by atoms with Gasteiger partial charge in [0, 0.05) is 7.11 Å². The topological polar surface area (TPSA) is 52.1 Å². The first-order valence-electron chi connectivity index (χ1n) is 8.64. The standard InChI is InChI=1S/C21H26N2O3/c1-5-25-19-13-12-17(14-20(19)26-6-2)15-22-23-16(3)21(24-4)18-10-8-7-9-11-18/h7-15,21,23H,3,5-6H2,1-2,4H3/b22-15+. The zero-order valence-electron chi connectivity index (χ0n) is 15.6. The van der Waals surface area contributed by atoms with Crippen molar-refractivity contribution < 1.29 is 14.2 Å². The fourth-order valence-electron chi connectivity index (χ4n) is 2.50. The van der Waals surface area contributed by atoms with Crippen LogP contribution in [-0.2, 0) is 4.74 Å². The van der Waals surface area contributed by atoms with E-state index in [1.54, 1.807) is 13.3 Å². The van der Waals surface area contributed by atoms with Gasteiger partial charge in [-0.1, -0.05) is 36.9 Å². The maximum absolute atomic E-state index is 5.63. The van der Waals surface area contributed by atoms with Crippen molar-refractivity contribution in [1.82, 2.24) is 5.43 Å². The van der Waals surface area contributed by atoms with Gasteiger partial charge in [-0.2, -0.15) is 5.10 Å². The van der Waals surface area contributed by atoms with Crippen molar-refractivity contribution >= 4 is 6.21 Å². The number of hydrogen-bond donors (Lipinski definition) is 1. The summed E-state index contributed by atoms with van der Waals surface area (Å²) in [6, 6.07) is 15.6. The van der Waals surface area contributed by atoms with Crippen molar-refractivity contribution in [2.45, 2.75) is 20.0 Å². The zero-order chi connectivity index (χ0) is 18.8. The molecular formula is C21H26N2O3. The van der Waals surface area contributed by atoms with Gasteiger partial charge >= 0.3 is 0 Å². The average Bonchev–Trinajstić information content (AvgIpc) is 2.65. The second-order valence-corrected chi connectivity index (χ2v) is 5.49. The third-order valence-corrected chi connectivity index (χ3v) is 3.64. The number of benzene rings is 2. The van der Waals surface area contributed by atoms with Gasteiger partial charge in [-0.3, -0.25) is 5.43 Å². The molecule has 2 rings (SSSR count). The predicted octanol–water partition coefficient (Wildman–Crippen LogP) is 4.31. The molecule has 0 spiro atoms. The summed E-state index contributed by atoms with van der Waals surface area (Å²) in [7, 11) is 1.65. The maximum Gasteiger partial charge on any atom is 0.161 e. The number of nitrogens with zero attached hydrogens (tertiary/aromatic N) is 1. The summed E-state index contributed by atoms with van der Waals surface area (Å²) in [6.45, 7) is 9.07. The third kappa shape index (κ3) is 5.36. The van der Waals surface area contributed by atoms with Crippen molar-refractivity contribution in [1.29, 1.82) is 0 Å². The molecule has 0 saturated heterocycles. The quantitative estimate of drug-likeness (QED) is 0.510. The Bertz CT molecular complexity index is 729. The smallest absolute Gasteiger partial charge is 0.161 e. The number of hydrazone groups is 1. The van der Waals surface area contributed by atoms with Crippen LogP contribution in [0.4, 0.5) is 0 Å². The normalized spacial score (nSPS) is 12.0. The largest absolute Gasteiger partial charge is 0.490 e. The monoisotopic (exact) mass is 354 g/mol. The molecule has 1 atom stereocenters. The number of nitrogens with one attached hydrogen (secondary N) is 1. The van der Waals surface area contributed by atoms with E-state index in [1.807, 2.05) is 62.4 Å². The highest BCUT2D eigenvalue weighted by Gasteiger charge is 2.13. The Morgan fingerprint density at radius 2 is 1.77 bits per heavy atom. The van der Waals surface area contributed by atoms with Crippen LogP contribution in [0.25, 0.3) is 0 Å². The summed E-state index contributed by atoms with van der Waals surface area (Å²) >= 11 is 0. The van der Waals surface area contributed by atoms with Gasteiger partial charge in [0.2, 0.25) is 0 Å². The molecule has 0 aromatic heterocycles. The lowest BCUT2D eigenvalue weighted by Crippen LogP contribution is -2.15. The van der Waals surface area contributed by atoms with Crippen molar-refractivity contribution in [2.75, 3.05) is 20.3 Å². The van der Waals surface area contributed by atoms with E-state index < -0.39 is 0 Å². The lowest BCUT2D eigenvalue weighted by atomic mass is 10.1. The van der Waals surface area contributed by atoms with Crippen LogP contribution in [-0.4, -0.2) is 26.5 Å². The van der Waals surface area contributed by atoms with Crippen molar-refractivity contribution in [3.63, 3.8) is 0 Å². The van der Waals surface area contributed by atoms with Crippen LogP contribution in [0.2, 0.25) is 0 Å². The molecule has 0 fully saturated rings. The maximum atomic E-state index is 5.63. The minimum absolute atomic E-state index is 0.271. The van der Waals surface area contributed by atoms with E-state index >= 15 is 0 Å². The van der Waals surface area contributed by atoms with E-state index in [2.05, 4.69) is 17.1 Å². The number of rotatable bonds is 10. The molecule has 26 heavy (non-hydrogen) atoms. The summed E-state index contributed by atoms with van der Waals surface area (Å²) in [5, 5.41) is 4.26. The van der Waals surface area contributed by atoms with Gasteiger partial charge in [-0.05, 0) is 43.2 Å². The number of hydrogen-bond acceptors (Lipinski definition) is 5.